The van der Waals surface area contributed by atoms with Gasteiger partial charge in [0.15, 0.2) is 0 Å². The van der Waals surface area contributed by atoms with E-state index in [1.165, 1.54) is 6.07 Å². The summed E-state index contributed by atoms with van der Waals surface area (Å²) in [5.41, 5.74) is 1.61. The van der Waals surface area contributed by atoms with Crippen molar-refractivity contribution in [2.75, 3.05) is 0 Å². The number of aliphatic hydroxyl groups is 1. The highest BCUT2D eigenvalue weighted by atomic mass is 19.1. The average Bonchev–Trinajstić information content (AvgIpc) is 3.12. The molecule has 2 aromatic rings. The maximum absolute atomic E-state index is 13.5. The van der Waals surface area contributed by atoms with Crippen LogP contribution in [0.3, 0.4) is 0 Å². The van der Waals surface area contributed by atoms with Gasteiger partial charge in [-0.2, -0.15) is 0 Å². The Labute approximate surface area is 106 Å². The molecule has 2 nitrogen and oxygen atoms in total. The van der Waals surface area contributed by atoms with Crippen molar-refractivity contribution < 1.29 is 9.50 Å². The van der Waals surface area contributed by atoms with Gasteiger partial charge in [-0.1, -0.05) is 18.2 Å². The van der Waals surface area contributed by atoms with Crippen LogP contribution in [0, 0.1) is 11.7 Å². The lowest BCUT2D eigenvalue weighted by Gasteiger charge is -2.07. The van der Waals surface area contributed by atoms with Crippen molar-refractivity contribution in [3.8, 4) is 0 Å². The summed E-state index contributed by atoms with van der Waals surface area (Å²) in [4.78, 5) is 0. The van der Waals surface area contributed by atoms with Crippen LogP contribution in [0.25, 0.3) is 0 Å². The summed E-state index contributed by atoms with van der Waals surface area (Å²) in [6.07, 6.45) is 5.68. The van der Waals surface area contributed by atoms with E-state index in [4.69, 9.17) is 0 Å². The molecule has 0 bridgehead atoms. The quantitative estimate of drug-likeness (QED) is 0.879. The molecule has 1 aromatic heterocycles. The molecule has 0 spiro atoms. The summed E-state index contributed by atoms with van der Waals surface area (Å²) >= 11 is 0. The van der Waals surface area contributed by atoms with Gasteiger partial charge in [-0.15, -0.1) is 0 Å². The minimum absolute atomic E-state index is 0.185. The normalized spacial score (nSPS) is 16.8. The predicted molar refractivity (Wildman–Crippen MR) is 67.6 cm³/mol. The average molecular weight is 245 g/mol. The molecule has 0 amide bonds. The zero-order valence-corrected chi connectivity index (χ0v) is 10.1. The molecule has 0 aliphatic heterocycles. The largest absolute Gasteiger partial charge is 0.388 e. The number of aromatic nitrogens is 1. The molecule has 1 N–H and O–H groups in total. The minimum atomic E-state index is -0.355. The van der Waals surface area contributed by atoms with E-state index in [-0.39, 0.29) is 11.9 Å². The van der Waals surface area contributed by atoms with Gasteiger partial charge in [0.1, 0.15) is 5.82 Å². The fourth-order valence-electron chi connectivity index (χ4n) is 2.24. The Bertz CT molecular complexity index is 545. The van der Waals surface area contributed by atoms with Gasteiger partial charge in [0.25, 0.3) is 0 Å². The second-order valence-electron chi connectivity index (χ2n) is 4.99. The minimum Gasteiger partial charge on any atom is -0.388 e. The zero-order valence-electron chi connectivity index (χ0n) is 10.1. The van der Waals surface area contributed by atoms with Crippen molar-refractivity contribution in [1.29, 1.82) is 0 Å². The highest BCUT2D eigenvalue weighted by molar-refractivity contribution is 5.21. The number of rotatable bonds is 4. The van der Waals surface area contributed by atoms with E-state index in [1.54, 1.807) is 12.1 Å². The van der Waals surface area contributed by atoms with Crippen LogP contribution in [-0.2, 0) is 6.54 Å². The molecule has 1 aliphatic carbocycles. The van der Waals surface area contributed by atoms with E-state index >= 15 is 0 Å². The maximum atomic E-state index is 13.5. The van der Waals surface area contributed by atoms with E-state index in [1.807, 2.05) is 29.1 Å². The van der Waals surface area contributed by atoms with E-state index in [9.17, 15) is 9.50 Å². The number of halogens is 1. The maximum Gasteiger partial charge on any atom is 0.128 e. The molecule has 0 saturated heterocycles. The highest BCUT2D eigenvalue weighted by Gasteiger charge is 2.31. The third kappa shape index (κ3) is 2.31. The standard InChI is InChI=1S/C15H16FNO/c16-14-4-2-1-3-12(14)9-17-8-7-13(10-17)15(18)11-5-6-11/h1-4,7-8,10-11,15,18H,5-6,9H2. The van der Waals surface area contributed by atoms with E-state index < -0.39 is 0 Å². The second-order valence-corrected chi connectivity index (χ2v) is 4.99. The van der Waals surface area contributed by atoms with Gasteiger partial charge in [-0.05, 0) is 36.5 Å². The lowest BCUT2D eigenvalue weighted by molar-refractivity contribution is 0.154. The fraction of sp³-hybridized carbons (Fsp3) is 0.333. The van der Waals surface area contributed by atoms with Gasteiger partial charge in [-0.25, -0.2) is 4.39 Å². The van der Waals surface area contributed by atoms with E-state index in [0.717, 1.165) is 18.4 Å². The monoisotopic (exact) mass is 245 g/mol. The molecule has 3 heteroatoms. The summed E-state index contributed by atoms with van der Waals surface area (Å²) in [5, 5.41) is 10.0. The Morgan fingerprint density at radius 1 is 1.28 bits per heavy atom. The lowest BCUT2D eigenvalue weighted by atomic mass is 10.1. The number of hydrogen-bond donors (Lipinski definition) is 1. The molecule has 3 rings (SSSR count). The Hall–Kier alpha value is -1.61. The molecule has 0 radical (unpaired) electrons. The number of aliphatic hydroxyl groups excluding tert-OH is 1. The first-order valence-electron chi connectivity index (χ1n) is 6.31. The summed E-state index contributed by atoms with van der Waals surface area (Å²) in [7, 11) is 0. The SMILES string of the molecule is OC(c1ccn(Cc2ccccc2F)c1)C1CC1. The van der Waals surface area contributed by atoms with Crippen molar-refractivity contribution in [2.24, 2.45) is 5.92 Å². The zero-order chi connectivity index (χ0) is 12.5. The van der Waals surface area contributed by atoms with Crippen molar-refractivity contribution in [3.63, 3.8) is 0 Å². The molecule has 1 saturated carbocycles. The van der Waals surface area contributed by atoms with Crippen molar-refractivity contribution in [1.82, 2.24) is 4.57 Å². The molecule has 1 unspecified atom stereocenters. The first-order valence-corrected chi connectivity index (χ1v) is 6.31. The lowest BCUT2D eigenvalue weighted by Crippen LogP contribution is -2.01. The molecule has 1 heterocycles. The van der Waals surface area contributed by atoms with Gasteiger partial charge in [0, 0.05) is 24.5 Å². The molecule has 18 heavy (non-hydrogen) atoms. The first-order chi connectivity index (χ1) is 8.74. The smallest absolute Gasteiger partial charge is 0.128 e. The van der Waals surface area contributed by atoms with Crippen LogP contribution < -0.4 is 0 Å². The number of hydrogen-bond acceptors (Lipinski definition) is 1. The molecule has 1 atom stereocenters. The summed E-state index contributed by atoms with van der Waals surface area (Å²) < 4.78 is 15.4. The Kier molecular flexibility index (Phi) is 2.92. The van der Waals surface area contributed by atoms with Gasteiger partial charge >= 0.3 is 0 Å². The molecule has 94 valence electrons. The molecular formula is C15H16FNO. The fourth-order valence-corrected chi connectivity index (χ4v) is 2.24. The topological polar surface area (TPSA) is 25.2 Å². The van der Waals surface area contributed by atoms with Crippen LogP contribution in [0.4, 0.5) is 4.39 Å². The van der Waals surface area contributed by atoms with E-state index in [2.05, 4.69) is 0 Å². The van der Waals surface area contributed by atoms with Gasteiger partial charge in [0.05, 0.1) is 6.10 Å². The van der Waals surface area contributed by atoms with Crippen LogP contribution in [0.15, 0.2) is 42.7 Å². The summed E-state index contributed by atoms with van der Waals surface area (Å²) in [6.45, 7) is 0.504. The second kappa shape index (κ2) is 4.58. The molecule has 1 aromatic carbocycles. The Balaban J connectivity index is 1.75. The number of nitrogens with zero attached hydrogens (tertiary/aromatic N) is 1. The van der Waals surface area contributed by atoms with Crippen LogP contribution in [0.2, 0.25) is 0 Å². The van der Waals surface area contributed by atoms with Gasteiger partial charge < -0.3 is 9.67 Å². The van der Waals surface area contributed by atoms with Gasteiger partial charge in [0.2, 0.25) is 0 Å². The summed E-state index contributed by atoms with van der Waals surface area (Å²) in [6, 6.07) is 8.70. The Morgan fingerprint density at radius 2 is 2.06 bits per heavy atom. The number of benzene rings is 1. The van der Waals surface area contributed by atoms with Crippen molar-refractivity contribution in [3.05, 3.63) is 59.7 Å². The van der Waals surface area contributed by atoms with Crippen molar-refractivity contribution in [2.45, 2.75) is 25.5 Å². The van der Waals surface area contributed by atoms with Crippen LogP contribution >= 0.6 is 0 Å². The molecule has 1 fully saturated rings. The van der Waals surface area contributed by atoms with Crippen LogP contribution in [-0.4, -0.2) is 9.67 Å². The highest BCUT2D eigenvalue weighted by Crippen LogP contribution is 2.40. The first kappa shape index (κ1) is 11.5. The van der Waals surface area contributed by atoms with Crippen LogP contribution in [0.5, 0.6) is 0 Å². The Morgan fingerprint density at radius 3 is 2.78 bits per heavy atom. The third-order valence-electron chi connectivity index (χ3n) is 3.49. The predicted octanol–water partition coefficient (Wildman–Crippen LogP) is 3.12. The van der Waals surface area contributed by atoms with E-state index in [0.29, 0.717) is 18.0 Å². The molecule has 1 aliphatic rings. The molecular weight excluding hydrogens is 229 g/mol. The van der Waals surface area contributed by atoms with Gasteiger partial charge in [-0.3, -0.25) is 0 Å². The van der Waals surface area contributed by atoms with Crippen LogP contribution in [0.1, 0.15) is 30.1 Å². The third-order valence-corrected chi connectivity index (χ3v) is 3.49. The summed E-state index contributed by atoms with van der Waals surface area (Å²) in [5.74, 6) is 0.241. The van der Waals surface area contributed by atoms with Crippen molar-refractivity contribution >= 4 is 0 Å².